The molecule has 0 unspecified atom stereocenters. The minimum absolute atomic E-state index is 0.0959. The Hall–Kier alpha value is -2.89. The number of thiophene rings is 1. The van der Waals surface area contributed by atoms with Crippen LogP contribution >= 0.6 is 11.3 Å². The van der Waals surface area contributed by atoms with Gasteiger partial charge in [0.2, 0.25) is 10.0 Å². The van der Waals surface area contributed by atoms with Crippen molar-refractivity contribution >= 4 is 27.5 Å². The number of halogens is 3. The molecule has 0 radical (unpaired) electrons. The fourth-order valence-electron chi connectivity index (χ4n) is 3.12. The van der Waals surface area contributed by atoms with E-state index in [1.807, 2.05) is 30.3 Å². The van der Waals surface area contributed by atoms with Crippen LogP contribution < -0.4 is 4.72 Å². The molecule has 1 aliphatic rings. The summed E-state index contributed by atoms with van der Waals surface area (Å²) < 4.78 is 66.8. The van der Waals surface area contributed by atoms with Crippen LogP contribution in [0.3, 0.4) is 0 Å². The number of nitrogens with one attached hydrogen (secondary N) is 1. The van der Waals surface area contributed by atoms with Crippen LogP contribution in [0.4, 0.5) is 18.0 Å². The van der Waals surface area contributed by atoms with Crippen LogP contribution in [-0.4, -0.2) is 30.8 Å². The lowest BCUT2D eigenvalue weighted by Gasteiger charge is -2.07. The fourth-order valence-corrected chi connectivity index (χ4v) is 5.73. The minimum atomic E-state index is -4.44. The molecule has 3 N–H and O–H groups in total. The Morgan fingerprint density at radius 3 is 2.28 bits per heavy atom. The van der Waals surface area contributed by atoms with Gasteiger partial charge in [-0.1, -0.05) is 42.5 Å². The van der Waals surface area contributed by atoms with E-state index in [9.17, 15) is 21.6 Å². The predicted molar refractivity (Wildman–Crippen MR) is 113 cm³/mol. The molecule has 0 spiro atoms. The van der Waals surface area contributed by atoms with Crippen LogP contribution in [0.1, 0.15) is 23.5 Å². The Bertz CT molecular complexity index is 1190. The monoisotopic (exact) mass is 485 g/mol. The van der Waals surface area contributed by atoms with Crippen LogP contribution in [0, 0.1) is 0 Å². The highest BCUT2D eigenvalue weighted by Crippen LogP contribution is 2.42. The van der Waals surface area contributed by atoms with Gasteiger partial charge in [0.25, 0.3) is 0 Å². The van der Waals surface area contributed by atoms with Crippen LogP contribution in [0.15, 0.2) is 70.9 Å². The topological polar surface area (TPSA) is 104 Å². The average Bonchev–Trinajstić information content (AvgIpc) is 3.27. The molecule has 32 heavy (non-hydrogen) atoms. The van der Waals surface area contributed by atoms with Gasteiger partial charge in [0.15, 0.2) is 0 Å². The second-order valence-corrected chi connectivity index (χ2v) is 9.99. The molecule has 6 nitrogen and oxygen atoms in total. The molecule has 11 heteroatoms. The largest absolute Gasteiger partial charge is 0.503 e. The highest BCUT2D eigenvalue weighted by Gasteiger charge is 2.41. The molecule has 0 bridgehead atoms. The first-order valence-electron chi connectivity index (χ1n) is 9.24. The molecule has 0 saturated heterocycles. The predicted octanol–water partition coefficient (Wildman–Crippen LogP) is 5.49. The van der Waals surface area contributed by atoms with Gasteiger partial charge < -0.3 is 10.2 Å². The molecule has 4 rings (SSSR count). The number of sulfonamides is 1. The molecule has 0 amide bonds. The van der Waals surface area contributed by atoms with E-state index in [1.165, 1.54) is 24.3 Å². The van der Waals surface area contributed by atoms with Crippen molar-refractivity contribution < 1.29 is 36.6 Å². The molecule has 1 fully saturated rings. The highest BCUT2D eigenvalue weighted by molar-refractivity contribution is 7.91. The molecule has 2 atom stereocenters. The van der Waals surface area contributed by atoms with Crippen molar-refractivity contribution in [2.24, 2.45) is 0 Å². The van der Waals surface area contributed by atoms with Crippen LogP contribution in [-0.2, 0) is 16.2 Å². The maximum absolute atomic E-state index is 12.9. The number of hydrogen-bond donors (Lipinski definition) is 3. The normalized spacial score (nSPS) is 17.8. The molecule has 2 aromatic carbocycles. The number of carboxylic acid groups (broad SMARTS) is 2. The number of benzene rings is 2. The zero-order valence-electron chi connectivity index (χ0n) is 16.3. The maximum Gasteiger partial charge on any atom is 0.503 e. The number of alkyl halides is 3. The number of rotatable bonds is 5. The Balaban J connectivity index is 0.000000668. The van der Waals surface area contributed by atoms with Crippen molar-refractivity contribution in [2.75, 3.05) is 0 Å². The number of hydrogen-bond acceptors (Lipinski definition) is 4. The number of carbonyl (C=O) groups is 1. The van der Waals surface area contributed by atoms with E-state index >= 15 is 0 Å². The van der Waals surface area contributed by atoms with Gasteiger partial charge in [0.1, 0.15) is 4.21 Å². The maximum atomic E-state index is 12.9. The summed E-state index contributed by atoms with van der Waals surface area (Å²) in [5.41, 5.74) is 0.672. The lowest BCUT2D eigenvalue weighted by molar-refractivity contribution is -0.137. The first-order valence-corrected chi connectivity index (χ1v) is 11.5. The summed E-state index contributed by atoms with van der Waals surface area (Å²) in [6.45, 7) is 0. The third-order valence-electron chi connectivity index (χ3n) is 4.65. The van der Waals surface area contributed by atoms with Gasteiger partial charge >= 0.3 is 12.3 Å². The van der Waals surface area contributed by atoms with Gasteiger partial charge in [-0.05, 0) is 41.8 Å². The average molecular weight is 486 g/mol. The third kappa shape index (κ3) is 6.09. The molecule has 3 aromatic rings. The standard InChI is InChI=1S/C20H16F3NO2S2.CH2O3/c21-20(22,23)15-8-4-7-14(11-15)18-9-10-19(27-18)28(25,26)24-17-12-16(17)13-5-2-1-3-6-13;2-1(3)4/h1-11,16-17,24H,12H2;(H2,2,3,4)/t16-,17+;/m1./s1. The first-order chi connectivity index (χ1) is 15.0. The van der Waals surface area contributed by atoms with Gasteiger partial charge in [-0.2, -0.15) is 13.2 Å². The van der Waals surface area contributed by atoms with E-state index in [2.05, 4.69) is 4.72 Å². The van der Waals surface area contributed by atoms with Crippen LogP contribution in [0.2, 0.25) is 0 Å². The van der Waals surface area contributed by atoms with Gasteiger partial charge in [-0.25, -0.2) is 17.9 Å². The molecule has 1 aromatic heterocycles. The van der Waals surface area contributed by atoms with Crippen LogP contribution in [0.25, 0.3) is 10.4 Å². The van der Waals surface area contributed by atoms with Gasteiger partial charge in [-0.15, -0.1) is 11.3 Å². The zero-order valence-corrected chi connectivity index (χ0v) is 17.9. The summed E-state index contributed by atoms with van der Waals surface area (Å²) >= 11 is 0.961. The van der Waals surface area contributed by atoms with Crippen molar-refractivity contribution in [2.45, 2.75) is 28.8 Å². The molecule has 170 valence electrons. The van der Waals surface area contributed by atoms with E-state index in [0.717, 1.165) is 35.5 Å². The van der Waals surface area contributed by atoms with Gasteiger partial charge in [0.05, 0.1) is 5.56 Å². The smallest absolute Gasteiger partial charge is 0.450 e. The van der Waals surface area contributed by atoms with Crippen LogP contribution in [0.5, 0.6) is 0 Å². The summed E-state index contributed by atoms with van der Waals surface area (Å²) in [5.74, 6) is 0.152. The molecule has 1 heterocycles. The van der Waals surface area contributed by atoms with Gasteiger partial charge in [-0.3, -0.25) is 0 Å². The van der Waals surface area contributed by atoms with Crippen molar-refractivity contribution in [3.8, 4) is 10.4 Å². The van der Waals surface area contributed by atoms with Crippen molar-refractivity contribution in [1.82, 2.24) is 4.72 Å². The SMILES string of the molecule is O=C(O)O.O=S(=O)(N[C@H]1C[C@@H]1c1ccccc1)c1ccc(-c2cccc(C(F)(F)F)c2)s1. The van der Waals surface area contributed by atoms with E-state index in [-0.39, 0.29) is 16.2 Å². The molecular formula is C21H18F3NO5S2. The lowest BCUT2D eigenvalue weighted by atomic mass is 10.1. The Morgan fingerprint density at radius 2 is 1.66 bits per heavy atom. The lowest BCUT2D eigenvalue weighted by Crippen LogP contribution is -2.26. The molecule has 0 aliphatic heterocycles. The Labute approximate surface area is 186 Å². The van der Waals surface area contributed by atoms with Crippen molar-refractivity contribution in [1.29, 1.82) is 0 Å². The summed E-state index contributed by atoms with van der Waals surface area (Å²) in [6.07, 6.45) is -5.54. The quantitative estimate of drug-likeness (QED) is 0.443. The van der Waals surface area contributed by atoms with Gasteiger partial charge in [0, 0.05) is 16.8 Å². The fraction of sp³-hybridized carbons (Fsp3) is 0.190. The van der Waals surface area contributed by atoms with E-state index in [1.54, 1.807) is 0 Å². The summed E-state index contributed by atoms with van der Waals surface area (Å²) in [4.78, 5) is 9.03. The minimum Gasteiger partial charge on any atom is -0.450 e. The summed E-state index contributed by atoms with van der Waals surface area (Å²) in [7, 11) is -3.72. The van der Waals surface area contributed by atoms with E-state index in [0.29, 0.717) is 10.4 Å². The first kappa shape index (κ1) is 23.8. The van der Waals surface area contributed by atoms with E-state index < -0.39 is 27.9 Å². The third-order valence-corrected chi connectivity index (χ3v) is 7.76. The summed E-state index contributed by atoms with van der Waals surface area (Å²) in [5, 5.41) is 13.9. The second-order valence-electron chi connectivity index (χ2n) is 6.96. The molecule has 1 aliphatic carbocycles. The zero-order chi connectivity index (χ0) is 23.5. The Morgan fingerprint density at radius 1 is 1.00 bits per heavy atom. The Kier molecular flexibility index (Phi) is 6.91. The molecule has 1 saturated carbocycles. The molecular weight excluding hydrogens is 467 g/mol. The van der Waals surface area contributed by atoms with Crippen molar-refractivity contribution in [3.05, 3.63) is 77.9 Å². The van der Waals surface area contributed by atoms with E-state index in [4.69, 9.17) is 15.0 Å². The van der Waals surface area contributed by atoms with Crippen molar-refractivity contribution in [3.63, 3.8) is 0 Å². The highest BCUT2D eigenvalue weighted by atomic mass is 32.2. The second kappa shape index (κ2) is 9.31. The summed E-state index contributed by atoms with van der Waals surface area (Å²) in [6, 6.07) is 17.4.